The molecule has 0 aliphatic heterocycles. The van der Waals surface area contributed by atoms with Crippen LogP contribution in [0.2, 0.25) is 0 Å². The van der Waals surface area contributed by atoms with Gasteiger partial charge in [-0.3, -0.25) is 9.59 Å². The van der Waals surface area contributed by atoms with E-state index in [0.29, 0.717) is 0 Å². The number of anilines is 2. The number of carbonyl (C=O) groups excluding carboxylic acids is 2. The maximum atomic E-state index is 11.9. The number of hydrogen-bond donors (Lipinski definition) is 2. The standard InChI is InChI=1S/C17H17BrN2O2S/c1-12-9-13(18)7-8-15(12)20-17(22)11-23-10-16(21)19-14-5-3-2-4-6-14/h2-9H,10-11H2,1H3,(H,19,21)(H,20,22). The Balaban J connectivity index is 1.73. The van der Waals surface area contributed by atoms with Crippen molar-refractivity contribution in [2.75, 3.05) is 22.1 Å². The molecule has 23 heavy (non-hydrogen) atoms. The third-order valence-corrected chi connectivity index (χ3v) is 4.41. The van der Waals surface area contributed by atoms with Crippen molar-refractivity contribution < 1.29 is 9.59 Å². The molecule has 120 valence electrons. The number of thioether (sulfide) groups is 1. The molecular formula is C17H17BrN2O2S. The van der Waals surface area contributed by atoms with E-state index in [-0.39, 0.29) is 23.3 Å². The summed E-state index contributed by atoms with van der Waals surface area (Å²) in [5, 5.41) is 5.63. The second-order valence-electron chi connectivity index (χ2n) is 4.91. The van der Waals surface area contributed by atoms with Crippen LogP contribution in [-0.2, 0) is 9.59 Å². The lowest BCUT2D eigenvalue weighted by Gasteiger charge is -2.09. The molecule has 0 saturated carbocycles. The predicted octanol–water partition coefficient (Wildman–Crippen LogP) is 4.07. The van der Waals surface area contributed by atoms with Gasteiger partial charge in [-0.2, -0.15) is 0 Å². The molecule has 0 atom stereocenters. The second-order valence-corrected chi connectivity index (χ2v) is 6.82. The summed E-state index contributed by atoms with van der Waals surface area (Å²) < 4.78 is 0.972. The van der Waals surface area contributed by atoms with E-state index in [2.05, 4.69) is 26.6 Å². The molecular weight excluding hydrogens is 376 g/mol. The van der Waals surface area contributed by atoms with E-state index in [1.54, 1.807) is 0 Å². The third-order valence-electron chi connectivity index (χ3n) is 2.99. The highest BCUT2D eigenvalue weighted by Crippen LogP contribution is 2.20. The van der Waals surface area contributed by atoms with Crippen LogP contribution in [0.3, 0.4) is 0 Å². The molecule has 2 N–H and O–H groups in total. The van der Waals surface area contributed by atoms with E-state index in [0.717, 1.165) is 21.4 Å². The normalized spacial score (nSPS) is 10.2. The monoisotopic (exact) mass is 392 g/mol. The van der Waals surface area contributed by atoms with Crippen molar-refractivity contribution in [3.63, 3.8) is 0 Å². The van der Waals surface area contributed by atoms with E-state index in [9.17, 15) is 9.59 Å². The topological polar surface area (TPSA) is 58.2 Å². The van der Waals surface area contributed by atoms with Crippen molar-refractivity contribution in [1.82, 2.24) is 0 Å². The van der Waals surface area contributed by atoms with Gasteiger partial charge in [0.15, 0.2) is 0 Å². The first-order valence-electron chi connectivity index (χ1n) is 7.03. The van der Waals surface area contributed by atoms with Crippen LogP contribution in [0.1, 0.15) is 5.56 Å². The zero-order chi connectivity index (χ0) is 16.7. The SMILES string of the molecule is Cc1cc(Br)ccc1NC(=O)CSCC(=O)Nc1ccccc1. The summed E-state index contributed by atoms with van der Waals surface area (Å²) in [5.74, 6) is 0.237. The lowest BCUT2D eigenvalue weighted by molar-refractivity contribution is -0.114. The van der Waals surface area contributed by atoms with Crippen LogP contribution >= 0.6 is 27.7 Å². The van der Waals surface area contributed by atoms with Gasteiger partial charge in [-0.15, -0.1) is 11.8 Å². The van der Waals surface area contributed by atoms with Gasteiger partial charge in [0.05, 0.1) is 11.5 Å². The Labute approximate surface area is 148 Å². The van der Waals surface area contributed by atoms with Crippen LogP contribution < -0.4 is 10.6 Å². The number of aryl methyl sites for hydroxylation is 1. The zero-order valence-corrected chi connectivity index (χ0v) is 15.0. The number of carbonyl (C=O) groups is 2. The van der Waals surface area contributed by atoms with Crippen molar-refractivity contribution in [2.45, 2.75) is 6.92 Å². The fourth-order valence-electron chi connectivity index (χ4n) is 1.91. The molecule has 0 spiro atoms. The molecule has 0 saturated heterocycles. The van der Waals surface area contributed by atoms with Crippen LogP contribution in [-0.4, -0.2) is 23.3 Å². The van der Waals surface area contributed by atoms with E-state index >= 15 is 0 Å². The highest BCUT2D eigenvalue weighted by Gasteiger charge is 2.08. The molecule has 0 aromatic heterocycles. The van der Waals surface area contributed by atoms with Crippen LogP contribution in [0, 0.1) is 6.92 Å². The van der Waals surface area contributed by atoms with Gasteiger partial charge in [0.1, 0.15) is 0 Å². The molecule has 2 amide bonds. The van der Waals surface area contributed by atoms with Gasteiger partial charge < -0.3 is 10.6 Å². The van der Waals surface area contributed by atoms with Gasteiger partial charge in [-0.05, 0) is 42.8 Å². The Morgan fingerprint density at radius 2 is 1.65 bits per heavy atom. The van der Waals surface area contributed by atoms with Crippen molar-refractivity contribution in [2.24, 2.45) is 0 Å². The van der Waals surface area contributed by atoms with Crippen molar-refractivity contribution in [1.29, 1.82) is 0 Å². The largest absolute Gasteiger partial charge is 0.325 e. The van der Waals surface area contributed by atoms with Crippen LogP contribution in [0.4, 0.5) is 11.4 Å². The fourth-order valence-corrected chi connectivity index (χ4v) is 3.00. The summed E-state index contributed by atoms with van der Waals surface area (Å²) in [4.78, 5) is 23.7. The number of rotatable bonds is 6. The van der Waals surface area contributed by atoms with Gasteiger partial charge in [-0.1, -0.05) is 34.1 Å². The fraction of sp³-hybridized carbons (Fsp3) is 0.176. The summed E-state index contributed by atoms with van der Waals surface area (Å²) in [6.07, 6.45) is 0. The number of para-hydroxylation sites is 1. The molecule has 0 aliphatic carbocycles. The van der Waals surface area contributed by atoms with Crippen LogP contribution in [0.25, 0.3) is 0 Å². The molecule has 0 aliphatic rings. The van der Waals surface area contributed by atoms with E-state index < -0.39 is 0 Å². The van der Waals surface area contributed by atoms with Crippen molar-refractivity contribution >= 4 is 50.9 Å². The lowest BCUT2D eigenvalue weighted by atomic mass is 10.2. The minimum Gasteiger partial charge on any atom is -0.325 e. The molecule has 0 fully saturated rings. The number of hydrogen-bond acceptors (Lipinski definition) is 3. The summed E-state index contributed by atoms with van der Waals surface area (Å²) in [6, 6.07) is 14.9. The summed E-state index contributed by atoms with van der Waals surface area (Å²) in [7, 11) is 0. The average molecular weight is 393 g/mol. The highest BCUT2D eigenvalue weighted by molar-refractivity contribution is 9.10. The Kier molecular flexibility index (Phi) is 6.67. The Morgan fingerprint density at radius 3 is 2.30 bits per heavy atom. The van der Waals surface area contributed by atoms with Gasteiger partial charge in [-0.25, -0.2) is 0 Å². The van der Waals surface area contributed by atoms with Gasteiger partial charge in [0.25, 0.3) is 0 Å². The second kappa shape index (κ2) is 8.74. The Bertz CT molecular complexity index is 692. The maximum Gasteiger partial charge on any atom is 0.234 e. The quantitative estimate of drug-likeness (QED) is 0.778. The molecule has 0 bridgehead atoms. The van der Waals surface area contributed by atoms with Crippen molar-refractivity contribution in [3.05, 3.63) is 58.6 Å². The Hall–Kier alpha value is -1.79. The number of halogens is 1. The molecule has 2 aromatic rings. The highest BCUT2D eigenvalue weighted by atomic mass is 79.9. The first-order chi connectivity index (χ1) is 11.0. The molecule has 2 aromatic carbocycles. The number of nitrogens with one attached hydrogen (secondary N) is 2. The predicted molar refractivity (Wildman–Crippen MR) is 99.9 cm³/mol. The molecule has 2 rings (SSSR count). The van der Waals surface area contributed by atoms with Gasteiger partial charge >= 0.3 is 0 Å². The minimum absolute atomic E-state index is 0.117. The summed E-state index contributed by atoms with van der Waals surface area (Å²) in [5.41, 5.74) is 2.53. The van der Waals surface area contributed by atoms with E-state index in [4.69, 9.17) is 0 Å². The lowest BCUT2D eigenvalue weighted by Crippen LogP contribution is -2.18. The van der Waals surface area contributed by atoms with Crippen LogP contribution in [0.15, 0.2) is 53.0 Å². The molecule has 0 radical (unpaired) electrons. The minimum atomic E-state index is -0.118. The molecule has 0 heterocycles. The van der Waals surface area contributed by atoms with Gasteiger partial charge in [0.2, 0.25) is 11.8 Å². The van der Waals surface area contributed by atoms with Crippen LogP contribution in [0.5, 0.6) is 0 Å². The smallest absolute Gasteiger partial charge is 0.234 e. The molecule has 0 unspecified atom stereocenters. The first kappa shape index (κ1) is 17.6. The number of benzene rings is 2. The van der Waals surface area contributed by atoms with E-state index in [1.165, 1.54) is 11.8 Å². The molecule has 6 heteroatoms. The van der Waals surface area contributed by atoms with Crippen molar-refractivity contribution in [3.8, 4) is 0 Å². The van der Waals surface area contributed by atoms with E-state index in [1.807, 2.05) is 55.5 Å². The Morgan fingerprint density at radius 1 is 1.00 bits per heavy atom. The third kappa shape index (κ3) is 6.08. The summed E-state index contributed by atoms with van der Waals surface area (Å²) in [6.45, 7) is 1.93. The number of amides is 2. The average Bonchev–Trinajstić information content (AvgIpc) is 2.51. The molecule has 4 nitrogen and oxygen atoms in total. The van der Waals surface area contributed by atoms with Gasteiger partial charge in [0, 0.05) is 15.8 Å². The first-order valence-corrected chi connectivity index (χ1v) is 8.98. The maximum absolute atomic E-state index is 11.9. The summed E-state index contributed by atoms with van der Waals surface area (Å²) >= 11 is 4.67. The zero-order valence-electron chi connectivity index (χ0n) is 12.6.